The summed E-state index contributed by atoms with van der Waals surface area (Å²) < 4.78 is 5.26. The molecule has 0 aromatic heterocycles. The van der Waals surface area contributed by atoms with Crippen LogP contribution in [0.1, 0.15) is 60.2 Å². The zero-order valence-corrected chi connectivity index (χ0v) is 16.3. The summed E-state index contributed by atoms with van der Waals surface area (Å²) in [6, 6.07) is 12.3. The maximum absolute atomic E-state index is 11.8. The lowest BCUT2D eigenvalue weighted by molar-refractivity contribution is 0.0424. The number of carbonyl (C=O) groups is 2. The average molecular weight is 388 g/mol. The Hall–Kier alpha value is -3.02. The molecule has 6 heteroatoms. The molecule has 0 radical (unpaired) electrons. The van der Waals surface area contributed by atoms with Gasteiger partial charge in [0.1, 0.15) is 22.6 Å². The van der Waals surface area contributed by atoms with Crippen molar-refractivity contribution in [3.63, 3.8) is 0 Å². The number of phenolic OH excluding ortho intramolecular Hbond substituents is 1. The second-order valence-corrected chi connectivity index (χ2v) is 6.35. The lowest BCUT2D eigenvalue weighted by Crippen LogP contribution is -2.14. The predicted molar refractivity (Wildman–Crippen MR) is 107 cm³/mol. The Bertz CT molecular complexity index is 756. The molecule has 0 amide bonds. The van der Waals surface area contributed by atoms with Crippen LogP contribution in [0, 0.1) is 5.92 Å². The van der Waals surface area contributed by atoms with Gasteiger partial charge in [-0.25, -0.2) is 9.59 Å². The van der Waals surface area contributed by atoms with E-state index in [0.717, 1.165) is 25.7 Å². The van der Waals surface area contributed by atoms with Gasteiger partial charge in [-0.05, 0) is 36.6 Å². The first-order chi connectivity index (χ1) is 13.4. The van der Waals surface area contributed by atoms with E-state index in [-0.39, 0.29) is 22.6 Å². The maximum atomic E-state index is 11.8. The van der Waals surface area contributed by atoms with E-state index < -0.39 is 11.9 Å². The third-order valence-electron chi connectivity index (χ3n) is 4.25. The molecule has 0 saturated heterocycles. The summed E-state index contributed by atoms with van der Waals surface area (Å²) in [4.78, 5) is 22.0. The zero-order valence-electron chi connectivity index (χ0n) is 16.3. The number of carboxylic acid groups (broad SMARTS) is 1. The van der Waals surface area contributed by atoms with E-state index in [0.29, 0.717) is 12.5 Å². The van der Waals surface area contributed by atoms with E-state index in [1.165, 1.54) is 18.2 Å². The van der Waals surface area contributed by atoms with Crippen LogP contribution in [-0.2, 0) is 4.74 Å². The van der Waals surface area contributed by atoms with Gasteiger partial charge in [0, 0.05) is 0 Å². The second-order valence-electron chi connectivity index (χ2n) is 6.35. The standard InChI is InChI=1S/C15H22O3.C7H6O3/c1-3-5-8-12(4-2)11-18-15(17)13-9-6-7-10-14(13)16;8-6-4-2-1-3-5(6)7(9)10/h6-7,9-10,12,16H,3-5,8,11H2,1-2H3;1-4,8H,(H,9,10). The summed E-state index contributed by atoms with van der Waals surface area (Å²) in [6.07, 6.45) is 4.41. The van der Waals surface area contributed by atoms with Gasteiger partial charge < -0.3 is 20.1 Å². The van der Waals surface area contributed by atoms with Crippen molar-refractivity contribution in [2.45, 2.75) is 39.5 Å². The molecule has 2 aromatic carbocycles. The fourth-order valence-corrected chi connectivity index (χ4v) is 2.47. The number of ether oxygens (including phenoxy) is 1. The van der Waals surface area contributed by atoms with Gasteiger partial charge in [0.05, 0.1) is 6.61 Å². The first-order valence-electron chi connectivity index (χ1n) is 9.37. The van der Waals surface area contributed by atoms with Gasteiger partial charge in [-0.15, -0.1) is 0 Å². The lowest BCUT2D eigenvalue weighted by atomic mass is 10.0. The number of carbonyl (C=O) groups excluding carboxylic acids is 1. The van der Waals surface area contributed by atoms with Gasteiger partial charge in [-0.1, -0.05) is 57.4 Å². The Morgan fingerprint density at radius 3 is 1.89 bits per heavy atom. The van der Waals surface area contributed by atoms with Crippen LogP contribution in [0.25, 0.3) is 0 Å². The van der Waals surface area contributed by atoms with E-state index in [1.54, 1.807) is 30.3 Å². The number of carboxylic acids is 1. The van der Waals surface area contributed by atoms with Crippen LogP contribution in [0.15, 0.2) is 48.5 Å². The molecule has 1 unspecified atom stereocenters. The monoisotopic (exact) mass is 388 g/mol. The molecular weight excluding hydrogens is 360 g/mol. The van der Waals surface area contributed by atoms with Gasteiger partial charge in [-0.3, -0.25) is 0 Å². The molecule has 152 valence electrons. The number of benzene rings is 2. The van der Waals surface area contributed by atoms with Crippen molar-refractivity contribution < 1.29 is 29.6 Å². The minimum Gasteiger partial charge on any atom is -0.507 e. The number of para-hydroxylation sites is 2. The van der Waals surface area contributed by atoms with Crippen molar-refractivity contribution >= 4 is 11.9 Å². The highest BCUT2D eigenvalue weighted by molar-refractivity contribution is 5.92. The number of rotatable bonds is 8. The van der Waals surface area contributed by atoms with E-state index >= 15 is 0 Å². The Balaban J connectivity index is 0.000000330. The minimum absolute atomic E-state index is 0.0240. The molecule has 0 saturated carbocycles. The normalized spacial score (nSPS) is 11.1. The lowest BCUT2D eigenvalue weighted by Gasteiger charge is -2.14. The number of hydrogen-bond donors (Lipinski definition) is 3. The van der Waals surface area contributed by atoms with Crippen LogP contribution in [0.4, 0.5) is 0 Å². The van der Waals surface area contributed by atoms with Crippen molar-refractivity contribution in [3.05, 3.63) is 59.7 Å². The number of hydrogen-bond acceptors (Lipinski definition) is 5. The van der Waals surface area contributed by atoms with Crippen molar-refractivity contribution in [1.29, 1.82) is 0 Å². The van der Waals surface area contributed by atoms with Crippen LogP contribution in [0.5, 0.6) is 11.5 Å². The van der Waals surface area contributed by atoms with Crippen LogP contribution in [0.3, 0.4) is 0 Å². The molecular formula is C22H28O6. The highest BCUT2D eigenvalue weighted by Gasteiger charge is 2.14. The molecule has 6 nitrogen and oxygen atoms in total. The molecule has 0 aliphatic heterocycles. The number of phenols is 2. The molecule has 28 heavy (non-hydrogen) atoms. The molecule has 2 rings (SSSR count). The van der Waals surface area contributed by atoms with Gasteiger partial charge in [0.25, 0.3) is 0 Å². The van der Waals surface area contributed by atoms with Gasteiger partial charge in [-0.2, -0.15) is 0 Å². The first kappa shape index (κ1) is 23.0. The summed E-state index contributed by atoms with van der Waals surface area (Å²) in [6.45, 7) is 4.69. The van der Waals surface area contributed by atoms with Crippen LogP contribution >= 0.6 is 0 Å². The third-order valence-corrected chi connectivity index (χ3v) is 4.25. The van der Waals surface area contributed by atoms with Crippen LogP contribution in [0.2, 0.25) is 0 Å². The van der Waals surface area contributed by atoms with E-state index in [1.807, 2.05) is 0 Å². The summed E-state index contributed by atoms with van der Waals surface area (Å²) in [5, 5.41) is 26.8. The zero-order chi connectivity index (χ0) is 20.9. The third kappa shape index (κ3) is 7.70. The van der Waals surface area contributed by atoms with E-state index in [4.69, 9.17) is 14.9 Å². The van der Waals surface area contributed by atoms with Crippen molar-refractivity contribution in [1.82, 2.24) is 0 Å². The maximum Gasteiger partial charge on any atom is 0.341 e. The molecule has 0 heterocycles. The quantitative estimate of drug-likeness (QED) is 0.558. The summed E-state index contributed by atoms with van der Waals surface area (Å²) in [7, 11) is 0. The molecule has 2 aromatic rings. The Labute approximate surface area is 165 Å². The Morgan fingerprint density at radius 2 is 1.46 bits per heavy atom. The SMILES string of the molecule is CCCCC(CC)COC(=O)c1ccccc1O.O=C(O)c1ccccc1O. The van der Waals surface area contributed by atoms with Gasteiger partial charge in [0.2, 0.25) is 0 Å². The fraction of sp³-hybridized carbons (Fsp3) is 0.364. The fourth-order valence-electron chi connectivity index (χ4n) is 2.47. The smallest absolute Gasteiger partial charge is 0.341 e. The highest BCUT2D eigenvalue weighted by atomic mass is 16.5. The molecule has 0 aliphatic carbocycles. The molecule has 3 N–H and O–H groups in total. The number of unbranched alkanes of at least 4 members (excludes halogenated alkanes) is 1. The average Bonchev–Trinajstić information content (AvgIpc) is 2.69. The summed E-state index contributed by atoms with van der Waals surface area (Å²) in [5.74, 6) is -1.36. The molecule has 1 atom stereocenters. The largest absolute Gasteiger partial charge is 0.507 e. The van der Waals surface area contributed by atoms with Gasteiger partial charge in [0.15, 0.2) is 0 Å². The number of aromatic hydroxyl groups is 2. The van der Waals surface area contributed by atoms with Crippen LogP contribution in [-0.4, -0.2) is 33.9 Å². The molecule has 0 spiro atoms. The molecule has 0 aliphatic rings. The van der Waals surface area contributed by atoms with Gasteiger partial charge >= 0.3 is 11.9 Å². The summed E-state index contributed by atoms with van der Waals surface area (Å²) in [5.41, 5.74) is 0.172. The number of esters is 1. The summed E-state index contributed by atoms with van der Waals surface area (Å²) >= 11 is 0. The highest BCUT2D eigenvalue weighted by Crippen LogP contribution is 2.19. The second kappa shape index (κ2) is 12.4. The van der Waals surface area contributed by atoms with E-state index in [2.05, 4.69) is 13.8 Å². The van der Waals surface area contributed by atoms with Crippen LogP contribution < -0.4 is 0 Å². The predicted octanol–water partition coefficient (Wildman–Crippen LogP) is 4.86. The van der Waals surface area contributed by atoms with Crippen molar-refractivity contribution in [2.24, 2.45) is 5.92 Å². The topological polar surface area (TPSA) is 104 Å². The molecule has 0 bridgehead atoms. The minimum atomic E-state index is -1.11. The molecule has 0 fully saturated rings. The Kier molecular flexibility index (Phi) is 10.2. The van der Waals surface area contributed by atoms with Crippen molar-refractivity contribution in [3.8, 4) is 11.5 Å². The first-order valence-corrected chi connectivity index (χ1v) is 9.37. The van der Waals surface area contributed by atoms with E-state index in [9.17, 15) is 14.7 Å². The Morgan fingerprint density at radius 1 is 0.929 bits per heavy atom. The number of aromatic carboxylic acids is 1. The van der Waals surface area contributed by atoms with Crippen molar-refractivity contribution in [2.75, 3.05) is 6.61 Å².